The highest BCUT2D eigenvalue weighted by Gasteiger charge is 2.13. The number of carbonyl (C=O) groups is 1. The first-order chi connectivity index (χ1) is 7.25. The summed E-state index contributed by atoms with van der Waals surface area (Å²) in [6.07, 6.45) is 3.53. The molecule has 1 unspecified atom stereocenters. The van der Waals surface area contributed by atoms with Crippen molar-refractivity contribution in [1.82, 2.24) is 0 Å². The summed E-state index contributed by atoms with van der Waals surface area (Å²) < 4.78 is 11.6. The lowest BCUT2D eigenvalue weighted by Gasteiger charge is -1.99. The van der Waals surface area contributed by atoms with Crippen LogP contribution in [0.1, 0.15) is 36.5 Å². The molecule has 1 atom stereocenters. The molecule has 1 aromatic rings. The summed E-state index contributed by atoms with van der Waals surface area (Å²) in [6.45, 7) is 2.09. The Bertz CT molecular complexity index is 333. The smallest absolute Gasteiger partial charge is 0.241 e. The van der Waals surface area contributed by atoms with Crippen LogP contribution in [0.2, 0.25) is 0 Å². The van der Waals surface area contributed by atoms with Gasteiger partial charge in [0.15, 0.2) is 0 Å². The van der Waals surface area contributed by atoms with Gasteiger partial charge in [0.05, 0.1) is 0 Å². The second-order valence-electron chi connectivity index (χ2n) is 3.48. The molecule has 0 aliphatic rings. The van der Waals surface area contributed by atoms with Crippen molar-refractivity contribution < 1.29 is 9.36 Å². The number of rotatable bonds is 6. The second kappa shape index (κ2) is 6.47. The van der Waals surface area contributed by atoms with Gasteiger partial charge in [-0.25, -0.2) is 0 Å². The molecule has 81 valence electrons. The van der Waals surface area contributed by atoms with Gasteiger partial charge in [0.2, 0.25) is 5.52 Å². The third kappa shape index (κ3) is 3.93. The van der Waals surface area contributed by atoms with Crippen LogP contribution >= 0.6 is 7.80 Å². The fraction of sp³-hybridized carbons (Fsp3) is 0.417. The van der Waals surface area contributed by atoms with Crippen LogP contribution < -0.4 is 0 Å². The van der Waals surface area contributed by atoms with Crippen molar-refractivity contribution in [3.63, 3.8) is 0 Å². The van der Waals surface area contributed by atoms with Crippen molar-refractivity contribution in [2.24, 2.45) is 0 Å². The van der Waals surface area contributed by atoms with Gasteiger partial charge in [-0.05, 0) is 6.42 Å². The van der Waals surface area contributed by atoms with Crippen molar-refractivity contribution >= 4 is 13.3 Å². The summed E-state index contributed by atoms with van der Waals surface area (Å²) in [5.41, 5.74) is 0.358. The summed E-state index contributed by atoms with van der Waals surface area (Å²) in [6, 6.07) is 8.87. The summed E-state index contributed by atoms with van der Waals surface area (Å²) in [5.74, 6) is 0. The molecule has 3 heteroatoms. The summed E-state index contributed by atoms with van der Waals surface area (Å²) >= 11 is 0. The second-order valence-corrected chi connectivity index (χ2v) is 5.09. The third-order valence-electron chi connectivity index (χ3n) is 2.21. The Morgan fingerprint density at radius 3 is 2.47 bits per heavy atom. The zero-order valence-electron chi connectivity index (χ0n) is 8.98. The maximum Gasteiger partial charge on any atom is 0.241 e. The van der Waals surface area contributed by atoms with Crippen molar-refractivity contribution in [1.29, 1.82) is 0 Å². The fourth-order valence-corrected chi connectivity index (χ4v) is 2.48. The van der Waals surface area contributed by atoms with Gasteiger partial charge in [0.25, 0.3) is 0 Å². The largest absolute Gasteiger partial charge is 0.281 e. The van der Waals surface area contributed by atoms with Crippen LogP contribution in [-0.2, 0) is 4.57 Å². The lowest BCUT2D eigenvalue weighted by Crippen LogP contribution is -1.94. The van der Waals surface area contributed by atoms with E-state index in [-0.39, 0.29) is 5.52 Å². The van der Waals surface area contributed by atoms with E-state index in [2.05, 4.69) is 6.92 Å². The van der Waals surface area contributed by atoms with E-state index in [1.54, 1.807) is 24.3 Å². The van der Waals surface area contributed by atoms with E-state index in [1.165, 1.54) is 0 Å². The molecule has 0 bridgehead atoms. The fourth-order valence-electron chi connectivity index (χ4n) is 1.33. The maximum atomic E-state index is 11.7. The lowest BCUT2D eigenvalue weighted by atomic mass is 10.2. The Kier molecular flexibility index (Phi) is 5.20. The van der Waals surface area contributed by atoms with Crippen molar-refractivity contribution in [2.75, 3.05) is 6.16 Å². The quantitative estimate of drug-likeness (QED) is 0.542. The minimum Gasteiger partial charge on any atom is -0.281 e. The van der Waals surface area contributed by atoms with Crippen LogP contribution in [0.15, 0.2) is 30.3 Å². The average Bonchev–Trinajstić information content (AvgIpc) is 2.29. The highest BCUT2D eigenvalue weighted by molar-refractivity contribution is 7.64. The van der Waals surface area contributed by atoms with Gasteiger partial charge >= 0.3 is 0 Å². The summed E-state index contributed by atoms with van der Waals surface area (Å²) in [5, 5.41) is 0. The lowest BCUT2D eigenvalue weighted by molar-refractivity contribution is 0.107. The first-order valence-electron chi connectivity index (χ1n) is 5.29. The normalized spacial score (nSPS) is 11.1. The molecule has 0 aromatic heterocycles. The Labute approximate surface area is 91.5 Å². The van der Waals surface area contributed by atoms with Crippen LogP contribution in [0.3, 0.4) is 0 Å². The van der Waals surface area contributed by atoms with E-state index in [4.69, 9.17) is 0 Å². The molecule has 1 rings (SSSR count). The summed E-state index contributed by atoms with van der Waals surface area (Å²) in [7, 11) is -1.72. The van der Waals surface area contributed by atoms with Crippen LogP contribution in [-0.4, -0.2) is 11.7 Å². The Balaban J connectivity index is 2.50. The Morgan fingerprint density at radius 1 is 1.20 bits per heavy atom. The van der Waals surface area contributed by atoms with Gasteiger partial charge in [-0.3, -0.25) is 9.36 Å². The molecule has 1 aromatic carbocycles. The van der Waals surface area contributed by atoms with Gasteiger partial charge < -0.3 is 0 Å². The molecular weight excluding hydrogens is 207 g/mol. The highest BCUT2D eigenvalue weighted by atomic mass is 31.1. The van der Waals surface area contributed by atoms with Gasteiger partial charge in [0, 0.05) is 11.7 Å². The SMILES string of the molecule is CCCCC[P](=O)C(=O)c1ccccc1. The molecule has 15 heavy (non-hydrogen) atoms. The molecule has 0 saturated heterocycles. The molecule has 0 aliphatic heterocycles. The van der Waals surface area contributed by atoms with Crippen molar-refractivity contribution in [2.45, 2.75) is 26.2 Å². The number of unbranched alkanes of at least 4 members (excludes halogenated alkanes) is 2. The number of carbonyl (C=O) groups excluding carboxylic acids is 1. The predicted molar refractivity (Wildman–Crippen MR) is 62.8 cm³/mol. The number of benzene rings is 1. The highest BCUT2D eigenvalue weighted by Crippen LogP contribution is 2.28. The van der Waals surface area contributed by atoms with Crippen LogP contribution in [0, 0.1) is 0 Å². The molecule has 0 N–H and O–H groups in total. The van der Waals surface area contributed by atoms with E-state index in [0.29, 0.717) is 11.7 Å². The van der Waals surface area contributed by atoms with Gasteiger partial charge in [0.1, 0.15) is 7.80 Å². The minimum absolute atomic E-state index is 0.207. The molecule has 0 aliphatic carbocycles. The van der Waals surface area contributed by atoms with E-state index in [0.717, 1.165) is 19.3 Å². The van der Waals surface area contributed by atoms with Crippen LogP contribution in [0.5, 0.6) is 0 Å². The molecule has 2 nitrogen and oxygen atoms in total. The molecule has 0 heterocycles. The molecule has 0 spiro atoms. The molecule has 0 amide bonds. The molecule has 0 fully saturated rings. The summed E-state index contributed by atoms with van der Waals surface area (Å²) in [4.78, 5) is 11.7. The maximum absolute atomic E-state index is 11.7. The standard InChI is InChI=1S/C12H16O2P/c1-2-3-7-10-15(14)12(13)11-8-5-4-6-9-11/h4-6,8-9H,2-3,7,10H2,1H3. The van der Waals surface area contributed by atoms with Gasteiger partial charge in [-0.1, -0.05) is 50.1 Å². The van der Waals surface area contributed by atoms with Crippen LogP contribution in [0.25, 0.3) is 0 Å². The molecular formula is C12H16O2P. The first kappa shape index (κ1) is 12.1. The minimum atomic E-state index is -1.72. The van der Waals surface area contributed by atoms with Crippen LogP contribution in [0.4, 0.5) is 0 Å². The average molecular weight is 223 g/mol. The van der Waals surface area contributed by atoms with Crippen molar-refractivity contribution in [3.8, 4) is 0 Å². The van der Waals surface area contributed by atoms with Crippen molar-refractivity contribution in [3.05, 3.63) is 35.9 Å². The zero-order valence-corrected chi connectivity index (χ0v) is 9.87. The van der Waals surface area contributed by atoms with E-state index < -0.39 is 7.80 Å². The number of hydrogen-bond acceptors (Lipinski definition) is 2. The van der Waals surface area contributed by atoms with Gasteiger partial charge in [-0.15, -0.1) is 0 Å². The number of hydrogen-bond donors (Lipinski definition) is 0. The monoisotopic (exact) mass is 223 g/mol. The molecule has 0 saturated carbocycles. The Morgan fingerprint density at radius 2 is 1.87 bits per heavy atom. The van der Waals surface area contributed by atoms with Gasteiger partial charge in [-0.2, -0.15) is 0 Å². The topological polar surface area (TPSA) is 34.1 Å². The third-order valence-corrected chi connectivity index (χ3v) is 3.65. The molecule has 1 radical (unpaired) electrons. The Hall–Kier alpha value is -1.01. The van der Waals surface area contributed by atoms with E-state index in [1.807, 2.05) is 6.07 Å². The van der Waals surface area contributed by atoms with E-state index >= 15 is 0 Å². The first-order valence-corrected chi connectivity index (χ1v) is 6.74. The van der Waals surface area contributed by atoms with E-state index in [9.17, 15) is 9.36 Å². The predicted octanol–water partition coefficient (Wildman–Crippen LogP) is 3.84. The zero-order chi connectivity index (χ0) is 11.1.